The molecule has 0 saturated carbocycles. The van der Waals surface area contributed by atoms with Gasteiger partial charge >= 0.3 is 0 Å². The van der Waals surface area contributed by atoms with Gasteiger partial charge < -0.3 is 5.32 Å². The van der Waals surface area contributed by atoms with E-state index in [2.05, 4.69) is 24.4 Å². The third-order valence-electron chi connectivity index (χ3n) is 4.18. The highest BCUT2D eigenvalue weighted by molar-refractivity contribution is 6.18. The van der Waals surface area contributed by atoms with Crippen LogP contribution in [0.4, 0.5) is 0 Å². The molecule has 0 aromatic carbocycles. The van der Waals surface area contributed by atoms with Gasteiger partial charge in [-0.05, 0) is 32.1 Å². The molecule has 0 saturated heterocycles. The molecule has 3 heteroatoms. The standard InChI is InChI=1S/C20H38ClNO/c1-2-3-4-5-6-7-8-9-10-11-12-13-14-15-16-17-18-20(23)22-19-21/h9-10H,2-8,11-19H2,1H3,(H,22,23)/b10-9-. The fourth-order valence-electron chi connectivity index (χ4n) is 2.70. The third-order valence-corrected chi connectivity index (χ3v) is 4.31. The maximum absolute atomic E-state index is 11.2. The van der Waals surface area contributed by atoms with E-state index >= 15 is 0 Å². The zero-order valence-corrected chi connectivity index (χ0v) is 16.0. The van der Waals surface area contributed by atoms with Crippen LogP contribution >= 0.6 is 11.6 Å². The third kappa shape index (κ3) is 19.5. The smallest absolute Gasteiger partial charge is 0.220 e. The van der Waals surface area contributed by atoms with Crippen molar-refractivity contribution in [3.63, 3.8) is 0 Å². The normalized spacial score (nSPS) is 11.2. The first-order valence-electron chi connectivity index (χ1n) is 9.79. The molecular formula is C20H38ClNO. The van der Waals surface area contributed by atoms with Crippen molar-refractivity contribution in [2.24, 2.45) is 0 Å². The molecule has 136 valence electrons. The van der Waals surface area contributed by atoms with Crippen LogP contribution in [0.25, 0.3) is 0 Å². The Morgan fingerprint density at radius 2 is 1.26 bits per heavy atom. The molecule has 0 unspecified atom stereocenters. The lowest BCUT2D eigenvalue weighted by Crippen LogP contribution is -2.20. The summed E-state index contributed by atoms with van der Waals surface area (Å²) in [6.45, 7) is 2.27. The van der Waals surface area contributed by atoms with Crippen LogP contribution in [0.2, 0.25) is 0 Å². The largest absolute Gasteiger partial charge is 0.343 e. The van der Waals surface area contributed by atoms with Gasteiger partial charge in [-0.2, -0.15) is 0 Å². The van der Waals surface area contributed by atoms with Crippen LogP contribution < -0.4 is 5.32 Å². The van der Waals surface area contributed by atoms with E-state index in [1.165, 1.54) is 77.0 Å². The zero-order valence-electron chi connectivity index (χ0n) is 15.3. The Balaban J connectivity index is 3.12. The molecule has 1 N–H and O–H groups in total. The van der Waals surface area contributed by atoms with Crippen LogP contribution in [-0.2, 0) is 4.79 Å². The number of carbonyl (C=O) groups excluding carboxylic acids is 1. The lowest BCUT2D eigenvalue weighted by Gasteiger charge is -2.02. The Labute approximate surface area is 149 Å². The first kappa shape index (κ1) is 22.5. The second-order valence-corrected chi connectivity index (χ2v) is 6.69. The summed E-state index contributed by atoms with van der Waals surface area (Å²) in [6, 6.07) is 0.227. The van der Waals surface area contributed by atoms with E-state index in [0.717, 1.165) is 12.8 Å². The highest BCUT2D eigenvalue weighted by Gasteiger charge is 1.98. The topological polar surface area (TPSA) is 29.1 Å². The lowest BCUT2D eigenvalue weighted by atomic mass is 10.1. The molecular weight excluding hydrogens is 306 g/mol. The number of alkyl halides is 1. The molecule has 0 heterocycles. The Bertz CT molecular complexity index is 279. The van der Waals surface area contributed by atoms with Crippen molar-refractivity contribution in [3.05, 3.63) is 12.2 Å². The summed E-state index contributed by atoms with van der Waals surface area (Å²) < 4.78 is 0. The maximum atomic E-state index is 11.2. The summed E-state index contributed by atoms with van der Waals surface area (Å²) in [4.78, 5) is 11.2. The average molecular weight is 344 g/mol. The summed E-state index contributed by atoms with van der Waals surface area (Å²) in [5.74, 6) is 0.0792. The van der Waals surface area contributed by atoms with Crippen molar-refractivity contribution < 1.29 is 4.79 Å². The number of unbranched alkanes of at least 4 members (excludes halogenated alkanes) is 12. The fraction of sp³-hybridized carbons (Fsp3) is 0.850. The Morgan fingerprint density at radius 3 is 1.78 bits per heavy atom. The molecule has 0 atom stereocenters. The van der Waals surface area contributed by atoms with Gasteiger partial charge in [0, 0.05) is 6.42 Å². The van der Waals surface area contributed by atoms with Gasteiger partial charge in [0.15, 0.2) is 0 Å². The van der Waals surface area contributed by atoms with Crippen LogP contribution in [0.15, 0.2) is 12.2 Å². The highest BCUT2D eigenvalue weighted by atomic mass is 35.5. The van der Waals surface area contributed by atoms with E-state index in [-0.39, 0.29) is 11.9 Å². The van der Waals surface area contributed by atoms with Crippen LogP contribution in [0.3, 0.4) is 0 Å². The van der Waals surface area contributed by atoms with E-state index < -0.39 is 0 Å². The lowest BCUT2D eigenvalue weighted by molar-refractivity contribution is -0.120. The van der Waals surface area contributed by atoms with Gasteiger partial charge in [0.2, 0.25) is 5.91 Å². The second-order valence-electron chi connectivity index (χ2n) is 6.42. The molecule has 0 rings (SSSR count). The van der Waals surface area contributed by atoms with Gasteiger partial charge in [0.05, 0.1) is 6.00 Å². The van der Waals surface area contributed by atoms with Gasteiger partial charge in [0.25, 0.3) is 0 Å². The van der Waals surface area contributed by atoms with Gasteiger partial charge in [-0.25, -0.2) is 0 Å². The summed E-state index contributed by atoms with van der Waals surface area (Å²) >= 11 is 5.44. The molecule has 0 aliphatic heterocycles. The van der Waals surface area contributed by atoms with E-state index in [1.54, 1.807) is 0 Å². The predicted octanol–water partition coefficient (Wildman–Crippen LogP) is 6.73. The average Bonchev–Trinajstić information content (AvgIpc) is 2.54. The van der Waals surface area contributed by atoms with Crippen molar-refractivity contribution in [2.75, 3.05) is 6.00 Å². The molecule has 0 spiro atoms. The monoisotopic (exact) mass is 343 g/mol. The predicted molar refractivity (Wildman–Crippen MR) is 103 cm³/mol. The van der Waals surface area contributed by atoms with Gasteiger partial charge in [-0.15, -0.1) is 11.6 Å². The summed E-state index contributed by atoms with van der Waals surface area (Å²) in [5.41, 5.74) is 0. The molecule has 0 fully saturated rings. The van der Waals surface area contributed by atoms with Crippen molar-refractivity contribution in [2.45, 2.75) is 103 Å². The number of halogens is 1. The number of hydrogen-bond acceptors (Lipinski definition) is 1. The van der Waals surface area contributed by atoms with Gasteiger partial charge in [-0.3, -0.25) is 4.79 Å². The van der Waals surface area contributed by atoms with E-state index in [9.17, 15) is 4.79 Å². The van der Waals surface area contributed by atoms with Crippen LogP contribution in [0, 0.1) is 0 Å². The molecule has 23 heavy (non-hydrogen) atoms. The van der Waals surface area contributed by atoms with Gasteiger partial charge in [-0.1, -0.05) is 76.9 Å². The number of hydrogen-bond donors (Lipinski definition) is 1. The number of rotatable bonds is 17. The van der Waals surface area contributed by atoms with E-state index in [1.807, 2.05) is 0 Å². The van der Waals surface area contributed by atoms with Crippen LogP contribution in [0.5, 0.6) is 0 Å². The number of carbonyl (C=O) groups is 1. The zero-order chi connectivity index (χ0) is 17.0. The molecule has 0 bridgehead atoms. The molecule has 0 aliphatic rings. The SMILES string of the molecule is CCCCCCCC/C=C\CCCCCCCCC(=O)NCCl. The molecule has 0 aliphatic carbocycles. The minimum Gasteiger partial charge on any atom is -0.343 e. The van der Waals surface area contributed by atoms with E-state index in [0.29, 0.717) is 6.42 Å². The summed E-state index contributed by atoms with van der Waals surface area (Å²) in [5, 5.41) is 2.62. The van der Waals surface area contributed by atoms with E-state index in [4.69, 9.17) is 11.6 Å². The van der Waals surface area contributed by atoms with Crippen molar-refractivity contribution >= 4 is 17.5 Å². The Hall–Kier alpha value is -0.500. The number of allylic oxidation sites excluding steroid dienone is 2. The minimum atomic E-state index is 0.0792. The number of amides is 1. The first-order valence-corrected chi connectivity index (χ1v) is 10.3. The molecule has 1 amide bonds. The van der Waals surface area contributed by atoms with Gasteiger partial charge in [0.1, 0.15) is 0 Å². The highest BCUT2D eigenvalue weighted by Crippen LogP contribution is 2.10. The van der Waals surface area contributed by atoms with Crippen molar-refractivity contribution in [1.29, 1.82) is 0 Å². The summed E-state index contributed by atoms with van der Waals surface area (Å²) in [6.07, 6.45) is 23.5. The Kier molecular flexibility index (Phi) is 19.1. The van der Waals surface area contributed by atoms with Crippen molar-refractivity contribution in [3.8, 4) is 0 Å². The maximum Gasteiger partial charge on any atom is 0.220 e. The molecule has 2 nitrogen and oxygen atoms in total. The molecule has 0 radical (unpaired) electrons. The first-order chi connectivity index (χ1) is 11.3. The minimum absolute atomic E-state index is 0.0792. The second kappa shape index (κ2) is 19.5. The Morgan fingerprint density at radius 1 is 0.783 bits per heavy atom. The van der Waals surface area contributed by atoms with Crippen LogP contribution in [-0.4, -0.2) is 11.9 Å². The molecule has 0 aromatic heterocycles. The van der Waals surface area contributed by atoms with Crippen LogP contribution in [0.1, 0.15) is 103 Å². The van der Waals surface area contributed by atoms with Crippen molar-refractivity contribution in [1.82, 2.24) is 5.32 Å². The molecule has 0 aromatic rings. The fourth-order valence-corrected chi connectivity index (χ4v) is 2.85. The quantitative estimate of drug-likeness (QED) is 0.135. The number of nitrogens with one attached hydrogen (secondary N) is 1. The summed E-state index contributed by atoms with van der Waals surface area (Å²) in [7, 11) is 0.